The Morgan fingerprint density at radius 2 is 0.167 bits per heavy atom. The van der Waals surface area contributed by atoms with Crippen molar-refractivity contribution in [3.05, 3.63) is 200 Å². The van der Waals surface area contributed by atoms with Crippen LogP contribution < -0.4 is 0 Å². The highest BCUT2D eigenvalue weighted by atomic mass is 14.3. The van der Waals surface area contributed by atoms with Crippen LogP contribution in [0.25, 0.3) is 0 Å². The zero-order chi connectivity index (χ0) is 61.0. The Balaban J connectivity index is 0.000000468. The maximum atomic E-state index is 8.99. The lowest BCUT2D eigenvalue weighted by molar-refractivity contribution is 1.16. The van der Waals surface area contributed by atoms with Crippen LogP contribution in [0.5, 0.6) is 0 Å². The largest absolute Gasteiger partial charge is 0.192 e. The number of nitriles is 6. The molecule has 6 rings (SSSR count). The van der Waals surface area contributed by atoms with E-state index in [9.17, 15) is 0 Å². The number of hydrogen-bond donors (Lipinski definition) is 0. The summed E-state index contributed by atoms with van der Waals surface area (Å²) >= 11 is 0. The van der Waals surface area contributed by atoms with E-state index >= 15 is 0 Å². The molecule has 0 aliphatic carbocycles. The summed E-state index contributed by atoms with van der Waals surface area (Å²) in [6.07, 6.45) is 0. The highest BCUT2D eigenvalue weighted by Gasteiger charge is 2.16. The molecule has 6 nitrogen and oxygen atoms in total. The van der Waals surface area contributed by atoms with Gasteiger partial charge in [0.2, 0.25) is 0 Å². The zero-order valence-corrected chi connectivity index (χ0v) is 53.7. The summed E-state index contributed by atoms with van der Waals surface area (Å²) in [6, 6.07) is 13.6. The number of hydrogen-bond acceptors (Lipinski definition) is 6. The highest BCUT2D eigenvalue weighted by molar-refractivity contribution is 5.59. The van der Waals surface area contributed by atoms with Crippen molar-refractivity contribution in [3.63, 3.8) is 0 Å². The van der Waals surface area contributed by atoms with Crippen LogP contribution in [0.2, 0.25) is 0 Å². The molecular weight excluding hydrogens is 949 g/mol. The maximum absolute atomic E-state index is 8.99. The summed E-state index contributed by atoms with van der Waals surface area (Å²) in [5.74, 6) is 0. The van der Waals surface area contributed by atoms with Gasteiger partial charge in [-0.05, 0) is 375 Å². The first-order valence-corrected chi connectivity index (χ1v) is 26.8. The summed E-state index contributed by atoms with van der Waals surface area (Å²) in [7, 11) is 0. The Kier molecular flexibility index (Phi) is 25.0. The van der Waals surface area contributed by atoms with Crippen LogP contribution in [0.4, 0.5) is 0 Å². The summed E-state index contributed by atoms with van der Waals surface area (Å²) < 4.78 is 0. The van der Waals surface area contributed by atoms with E-state index in [0.717, 1.165) is 100 Å². The third-order valence-electron chi connectivity index (χ3n) is 18.7. The Labute approximate surface area is 473 Å². The Morgan fingerprint density at radius 3 is 0.218 bits per heavy atom. The Morgan fingerprint density at radius 1 is 0.115 bits per heavy atom. The predicted molar refractivity (Wildman–Crippen MR) is 329 cm³/mol. The summed E-state index contributed by atoms with van der Waals surface area (Å²) in [6.45, 7) is 61.9. The fraction of sp³-hybridized carbons (Fsp3) is 0.417. The first-order valence-electron chi connectivity index (χ1n) is 26.8. The molecule has 0 heterocycles. The zero-order valence-electron chi connectivity index (χ0n) is 53.7. The van der Waals surface area contributed by atoms with E-state index in [4.69, 9.17) is 31.6 Å². The van der Waals surface area contributed by atoms with Crippen molar-refractivity contribution >= 4 is 0 Å². The van der Waals surface area contributed by atoms with E-state index in [1.165, 1.54) is 100 Å². The quantitative estimate of drug-likeness (QED) is 0.148. The van der Waals surface area contributed by atoms with Crippen LogP contribution in [-0.2, 0) is 0 Å². The van der Waals surface area contributed by atoms with Crippen LogP contribution in [-0.4, -0.2) is 0 Å². The number of nitrogens with zero attached hydrogens (tertiary/aromatic N) is 6. The van der Waals surface area contributed by atoms with Gasteiger partial charge in [-0.2, -0.15) is 31.6 Å². The third kappa shape index (κ3) is 14.0. The van der Waals surface area contributed by atoms with Gasteiger partial charge >= 0.3 is 0 Å². The van der Waals surface area contributed by atoms with E-state index in [0.29, 0.717) is 0 Å². The smallest absolute Gasteiger partial charge is 0.0997 e. The fourth-order valence-electron chi connectivity index (χ4n) is 10.0. The topological polar surface area (TPSA) is 143 Å². The van der Waals surface area contributed by atoms with Gasteiger partial charge < -0.3 is 0 Å². The lowest BCUT2D eigenvalue weighted by atomic mass is 9.90. The van der Waals surface area contributed by atoms with Crippen molar-refractivity contribution in [2.24, 2.45) is 0 Å². The van der Waals surface area contributed by atoms with Crippen LogP contribution in [0.15, 0.2) is 0 Å². The normalized spacial score (nSPS) is 9.85. The molecule has 6 aromatic carbocycles. The molecule has 0 amide bonds. The third-order valence-corrected chi connectivity index (χ3v) is 18.7. The number of rotatable bonds is 0. The van der Waals surface area contributed by atoms with Gasteiger partial charge in [-0.15, -0.1) is 0 Å². The standard InChI is InChI=1S/6C12H15N/c6*1-7-8(2)10(4)12(6-13)11(5)9(7)3/h6*1-5H3. The minimum Gasteiger partial charge on any atom is -0.192 e. The van der Waals surface area contributed by atoms with E-state index in [-0.39, 0.29) is 0 Å². The minimum absolute atomic E-state index is 0.848. The molecule has 0 aromatic heterocycles. The van der Waals surface area contributed by atoms with Gasteiger partial charge in [0.05, 0.1) is 69.8 Å². The van der Waals surface area contributed by atoms with E-state index in [1.807, 2.05) is 83.1 Å². The summed E-state index contributed by atoms with van der Waals surface area (Å²) in [5, 5.41) is 53.9. The minimum atomic E-state index is 0.848. The lowest BCUT2D eigenvalue weighted by Crippen LogP contribution is -1.99. The first-order chi connectivity index (χ1) is 36.0. The average molecular weight is 1040 g/mol. The fourth-order valence-corrected chi connectivity index (χ4v) is 10.0. The second-order valence-corrected chi connectivity index (χ2v) is 21.7. The van der Waals surface area contributed by atoms with Gasteiger partial charge in [-0.25, -0.2) is 0 Å². The van der Waals surface area contributed by atoms with Crippen LogP contribution in [0.1, 0.15) is 200 Å². The van der Waals surface area contributed by atoms with Gasteiger partial charge in [-0.1, -0.05) is 0 Å². The summed E-state index contributed by atoms with van der Waals surface area (Å²) in [4.78, 5) is 0. The highest BCUT2D eigenvalue weighted by Crippen LogP contribution is 2.30. The molecule has 0 aliphatic rings. The van der Waals surface area contributed by atoms with Crippen molar-refractivity contribution in [1.29, 1.82) is 31.6 Å². The molecular formula is C72H90N6. The molecule has 0 fully saturated rings. The van der Waals surface area contributed by atoms with Crippen molar-refractivity contribution in [1.82, 2.24) is 0 Å². The van der Waals surface area contributed by atoms with Crippen molar-refractivity contribution < 1.29 is 0 Å². The molecule has 0 aliphatic heterocycles. The molecule has 6 aromatic rings. The van der Waals surface area contributed by atoms with Crippen LogP contribution in [0.3, 0.4) is 0 Å². The van der Waals surface area contributed by atoms with Gasteiger partial charge in [0.15, 0.2) is 0 Å². The molecule has 6 heteroatoms. The van der Waals surface area contributed by atoms with E-state index in [1.54, 1.807) is 0 Å². The van der Waals surface area contributed by atoms with Gasteiger partial charge in [-0.3, -0.25) is 0 Å². The Bertz CT molecular complexity index is 2810. The van der Waals surface area contributed by atoms with Crippen molar-refractivity contribution in [3.8, 4) is 36.4 Å². The molecule has 0 atom stereocenters. The van der Waals surface area contributed by atoms with Crippen LogP contribution >= 0.6 is 0 Å². The second kappa shape index (κ2) is 28.6. The molecule has 0 spiro atoms. The SMILES string of the molecule is Cc1c(C)c(C)c(C#N)c(C)c1C.Cc1c(C)c(C)c(C#N)c(C)c1C.Cc1c(C)c(C)c(C#N)c(C)c1C.Cc1c(C)c(C)c(C#N)c(C)c1C.Cc1c(C)c(C)c(C#N)c(C)c1C.Cc1c(C)c(C)c(C#N)c(C)c1C. The molecule has 78 heavy (non-hydrogen) atoms. The number of benzene rings is 6. The molecule has 0 bridgehead atoms. The van der Waals surface area contributed by atoms with Gasteiger partial charge in [0.25, 0.3) is 0 Å². The average Bonchev–Trinajstić information content (AvgIpc) is 3.42. The molecule has 0 saturated heterocycles. The van der Waals surface area contributed by atoms with Crippen molar-refractivity contribution in [2.75, 3.05) is 0 Å². The Hall–Kier alpha value is -7.74. The predicted octanol–water partition coefficient (Wildman–Crippen LogP) is 18.6. The molecule has 408 valence electrons. The molecule has 0 N–H and O–H groups in total. The monoisotopic (exact) mass is 1040 g/mol. The lowest BCUT2D eigenvalue weighted by Gasteiger charge is -2.13. The first kappa shape index (κ1) is 68.3. The van der Waals surface area contributed by atoms with Crippen molar-refractivity contribution in [2.45, 2.75) is 208 Å². The van der Waals surface area contributed by atoms with E-state index in [2.05, 4.69) is 161 Å². The second-order valence-electron chi connectivity index (χ2n) is 21.7. The summed E-state index contributed by atoms with van der Waals surface area (Å²) in [5.41, 5.74) is 41.5. The van der Waals surface area contributed by atoms with Crippen LogP contribution in [0, 0.1) is 276 Å². The maximum Gasteiger partial charge on any atom is 0.0997 e. The molecule has 0 unspecified atom stereocenters. The van der Waals surface area contributed by atoms with Gasteiger partial charge in [0, 0.05) is 0 Å². The molecule has 0 radical (unpaired) electrons. The van der Waals surface area contributed by atoms with Gasteiger partial charge in [0.1, 0.15) is 0 Å². The van der Waals surface area contributed by atoms with E-state index < -0.39 is 0 Å². The molecule has 0 saturated carbocycles.